The summed E-state index contributed by atoms with van der Waals surface area (Å²) in [6.07, 6.45) is -4.55. The minimum Gasteiger partial charge on any atom is -0.264 e. The normalized spacial score (nSPS) is 12.4. The van der Waals surface area contributed by atoms with Gasteiger partial charge in [-0.3, -0.25) is 4.68 Å². The SMILES string of the molecule is Cc1cc(-c2nc3c4cccc(C(F)(F)F)c4nc(Cl)n3n2)n(C)n1. The summed E-state index contributed by atoms with van der Waals surface area (Å²) in [6, 6.07) is 5.56. The van der Waals surface area contributed by atoms with E-state index < -0.39 is 11.7 Å². The van der Waals surface area contributed by atoms with Crippen molar-refractivity contribution in [3.63, 3.8) is 0 Å². The molecule has 6 nitrogen and oxygen atoms in total. The number of aromatic nitrogens is 6. The number of alkyl halides is 3. The molecule has 0 saturated heterocycles. The zero-order chi connectivity index (χ0) is 17.9. The minimum atomic E-state index is -4.55. The average molecular weight is 367 g/mol. The van der Waals surface area contributed by atoms with Crippen LogP contribution in [0.4, 0.5) is 13.2 Å². The Hall–Kier alpha value is -2.68. The summed E-state index contributed by atoms with van der Waals surface area (Å²) in [5.74, 6) is 0.303. The Balaban J connectivity index is 2.07. The molecule has 3 aromatic heterocycles. The molecule has 4 aromatic rings. The van der Waals surface area contributed by atoms with E-state index in [1.54, 1.807) is 17.8 Å². The molecule has 0 saturated carbocycles. The second-order valence-corrected chi connectivity index (χ2v) is 5.88. The Morgan fingerprint density at radius 1 is 1.12 bits per heavy atom. The van der Waals surface area contributed by atoms with Gasteiger partial charge in [-0.15, -0.1) is 5.10 Å². The molecule has 0 unspecified atom stereocenters. The molecule has 0 aliphatic heterocycles. The molecule has 1 aromatic carbocycles. The van der Waals surface area contributed by atoms with E-state index in [1.807, 2.05) is 6.92 Å². The maximum absolute atomic E-state index is 13.2. The number of halogens is 4. The molecule has 0 fully saturated rings. The van der Waals surface area contributed by atoms with Crippen LogP contribution in [0, 0.1) is 6.92 Å². The van der Waals surface area contributed by atoms with Crippen molar-refractivity contribution < 1.29 is 13.2 Å². The van der Waals surface area contributed by atoms with Gasteiger partial charge in [-0.1, -0.05) is 6.07 Å². The lowest BCUT2D eigenvalue weighted by molar-refractivity contribution is -0.136. The highest BCUT2D eigenvalue weighted by Crippen LogP contribution is 2.35. The van der Waals surface area contributed by atoms with E-state index in [0.717, 1.165) is 11.8 Å². The van der Waals surface area contributed by atoms with E-state index >= 15 is 0 Å². The fourth-order valence-electron chi connectivity index (χ4n) is 2.76. The van der Waals surface area contributed by atoms with Crippen LogP contribution in [0.3, 0.4) is 0 Å². The third-order valence-corrected chi connectivity index (χ3v) is 4.04. The van der Waals surface area contributed by atoms with Crippen molar-refractivity contribution in [3.8, 4) is 11.5 Å². The van der Waals surface area contributed by atoms with Gasteiger partial charge in [0.2, 0.25) is 11.1 Å². The molecule has 0 aliphatic carbocycles. The van der Waals surface area contributed by atoms with Gasteiger partial charge in [0.25, 0.3) is 0 Å². The Morgan fingerprint density at radius 3 is 2.52 bits per heavy atom. The molecule has 0 amide bonds. The lowest BCUT2D eigenvalue weighted by Gasteiger charge is -2.10. The highest BCUT2D eigenvalue weighted by Gasteiger charge is 2.34. The molecule has 4 rings (SSSR count). The quantitative estimate of drug-likeness (QED) is 0.482. The molecule has 0 atom stereocenters. The van der Waals surface area contributed by atoms with Crippen molar-refractivity contribution in [3.05, 3.63) is 40.8 Å². The Morgan fingerprint density at radius 2 is 1.88 bits per heavy atom. The Labute approximate surface area is 143 Å². The first-order valence-corrected chi connectivity index (χ1v) is 7.56. The maximum Gasteiger partial charge on any atom is 0.418 e. The third-order valence-electron chi connectivity index (χ3n) is 3.80. The second kappa shape index (κ2) is 5.16. The molecule has 0 radical (unpaired) electrons. The molecule has 0 N–H and O–H groups in total. The molecule has 0 spiro atoms. The lowest BCUT2D eigenvalue weighted by atomic mass is 10.1. The van der Waals surface area contributed by atoms with Gasteiger partial charge < -0.3 is 0 Å². The van der Waals surface area contributed by atoms with E-state index in [4.69, 9.17) is 11.6 Å². The number of benzene rings is 1. The standard InChI is InChI=1S/C15H10ClF3N6/c1-7-6-10(24(2)22-7)12-21-13-8-4-3-5-9(15(17,18)19)11(8)20-14(16)25(13)23-12/h3-6H,1-2H3. The Kier molecular flexibility index (Phi) is 3.26. The first-order chi connectivity index (χ1) is 11.8. The van der Waals surface area contributed by atoms with Gasteiger partial charge in [0.1, 0.15) is 5.69 Å². The second-order valence-electron chi connectivity index (χ2n) is 5.55. The molecule has 25 heavy (non-hydrogen) atoms. The van der Waals surface area contributed by atoms with Crippen molar-refractivity contribution in [1.82, 2.24) is 29.4 Å². The van der Waals surface area contributed by atoms with Crippen LogP contribution in [0.25, 0.3) is 28.1 Å². The van der Waals surface area contributed by atoms with Crippen LogP contribution >= 0.6 is 11.6 Å². The smallest absolute Gasteiger partial charge is 0.264 e. The Bertz CT molecular complexity index is 1130. The van der Waals surface area contributed by atoms with E-state index in [1.165, 1.54) is 16.6 Å². The van der Waals surface area contributed by atoms with Crippen LogP contribution in [-0.4, -0.2) is 29.4 Å². The van der Waals surface area contributed by atoms with Crippen molar-refractivity contribution in [1.29, 1.82) is 0 Å². The fourth-order valence-corrected chi connectivity index (χ4v) is 2.96. The summed E-state index contributed by atoms with van der Waals surface area (Å²) in [6.45, 7) is 1.82. The lowest BCUT2D eigenvalue weighted by Crippen LogP contribution is -2.07. The molecule has 0 bridgehead atoms. The van der Waals surface area contributed by atoms with Crippen LogP contribution in [0.5, 0.6) is 0 Å². The average Bonchev–Trinajstić information content (AvgIpc) is 3.09. The van der Waals surface area contributed by atoms with Gasteiger partial charge in [0, 0.05) is 12.4 Å². The van der Waals surface area contributed by atoms with Gasteiger partial charge in [0.15, 0.2) is 5.65 Å². The van der Waals surface area contributed by atoms with Gasteiger partial charge in [-0.05, 0) is 36.7 Å². The number of para-hydroxylation sites is 1. The minimum absolute atomic E-state index is 0.197. The van der Waals surface area contributed by atoms with Crippen LogP contribution in [0.1, 0.15) is 11.3 Å². The van der Waals surface area contributed by atoms with Gasteiger partial charge >= 0.3 is 6.18 Å². The summed E-state index contributed by atoms with van der Waals surface area (Å²) < 4.78 is 42.5. The largest absolute Gasteiger partial charge is 0.418 e. The number of aryl methyl sites for hydroxylation is 2. The van der Waals surface area contributed by atoms with Crippen LogP contribution in [0.15, 0.2) is 24.3 Å². The van der Waals surface area contributed by atoms with E-state index in [-0.39, 0.29) is 21.8 Å². The number of fused-ring (bicyclic) bond motifs is 3. The molecule has 3 heterocycles. The van der Waals surface area contributed by atoms with E-state index in [0.29, 0.717) is 11.5 Å². The molecular formula is C15H10ClF3N6. The van der Waals surface area contributed by atoms with Crippen LogP contribution < -0.4 is 0 Å². The third kappa shape index (κ3) is 2.42. The first kappa shape index (κ1) is 15.8. The highest BCUT2D eigenvalue weighted by atomic mass is 35.5. The number of hydrogen-bond donors (Lipinski definition) is 0. The molecule has 10 heteroatoms. The monoisotopic (exact) mass is 366 g/mol. The predicted octanol–water partition coefficient (Wildman–Crippen LogP) is 3.66. The van der Waals surface area contributed by atoms with Gasteiger partial charge in [-0.25, -0.2) is 9.97 Å². The van der Waals surface area contributed by atoms with Gasteiger partial charge in [0.05, 0.1) is 16.8 Å². The molecular weight excluding hydrogens is 357 g/mol. The summed E-state index contributed by atoms with van der Waals surface area (Å²) in [4.78, 5) is 8.26. The van der Waals surface area contributed by atoms with E-state index in [9.17, 15) is 13.2 Å². The summed E-state index contributed by atoms with van der Waals surface area (Å²) in [5.41, 5.74) is 0.472. The fraction of sp³-hybridized carbons (Fsp3) is 0.200. The topological polar surface area (TPSA) is 60.9 Å². The van der Waals surface area contributed by atoms with Crippen LogP contribution in [-0.2, 0) is 13.2 Å². The summed E-state index contributed by atoms with van der Waals surface area (Å²) in [5, 5.41) is 8.51. The molecule has 0 aliphatic rings. The summed E-state index contributed by atoms with van der Waals surface area (Å²) >= 11 is 6.06. The van der Waals surface area contributed by atoms with Crippen molar-refractivity contribution in [2.75, 3.05) is 0 Å². The number of nitrogens with zero attached hydrogens (tertiary/aromatic N) is 6. The highest BCUT2D eigenvalue weighted by molar-refractivity contribution is 6.29. The molecule has 128 valence electrons. The first-order valence-electron chi connectivity index (χ1n) is 7.19. The van der Waals surface area contributed by atoms with Crippen LogP contribution in [0.2, 0.25) is 5.28 Å². The van der Waals surface area contributed by atoms with Crippen molar-refractivity contribution in [2.45, 2.75) is 13.1 Å². The zero-order valence-electron chi connectivity index (χ0n) is 13.0. The number of rotatable bonds is 1. The number of hydrogen-bond acceptors (Lipinski definition) is 4. The zero-order valence-corrected chi connectivity index (χ0v) is 13.8. The van der Waals surface area contributed by atoms with E-state index in [2.05, 4.69) is 20.2 Å². The van der Waals surface area contributed by atoms with Gasteiger partial charge in [-0.2, -0.15) is 22.8 Å². The van der Waals surface area contributed by atoms with Crippen molar-refractivity contribution in [2.24, 2.45) is 7.05 Å². The predicted molar refractivity (Wildman–Crippen MR) is 85.2 cm³/mol. The van der Waals surface area contributed by atoms with Crippen molar-refractivity contribution >= 4 is 28.2 Å². The summed E-state index contributed by atoms with van der Waals surface area (Å²) in [7, 11) is 1.73. The maximum atomic E-state index is 13.2.